The molecule has 0 aliphatic rings. The van der Waals surface area contributed by atoms with Crippen molar-refractivity contribution >= 4 is 17.2 Å². The van der Waals surface area contributed by atoms with E-state index in [9.17, 15) is 9.18 Å². The van der Waals surface area contributed by atoms with Gasteiger partial charge in [-0.3, -0.25) is 4.79 Å². The number of carbonyl (C=O) groups is 1. The molecule has 27 heavy (non-hydrogen) atoms. The summed E-state index contributed by atoms with van der Waals surface area (Å²) in [6.45, 7) is 6.76. The van der Waals surface area contributed by atoms with Crippen molar-refractivity contribution in [3.63, 3.8) is 0 Å². The second-order valence-corrected chi connectivity index (χ2v) is 7.45. The average molecular weight is 383 g/mol. The molecule has 5 heteroatoms. The van der Waals surface area contributed by atoms with Crippen LogP contribution in [0.2, 0.25) is 0 Å². The van der Waals surface area contributed by atoms with Crippen LogP contribution in [0.15, 0.2) is 53.5 Å². The molecule has 0 spiro atoms. The Hall–Kier alpha value is -2.53. The van der Waals surface area contributed by atoms with Gasteiger partial charge in [-0.05, 0) is 61.7 Å². The molecule has 0 radical (unpaired) electrons. The molecule has 0 bridgehead atoms. The van der Waals surface area contributed by atoms with Crippen LogP contribution in [0.1, 0.15) is 41.1 Å². The largest absolute Gasteiger partial charge is 0.316 e. The SMILES string of the molecule is CCCc1sc(=NC(=O)c2ccccc2C)n(CC)c1-c1ccc(F)cc1. The second-order valence-electron chi connectivity index (χ2n) is 6.39. The van der Waals surface area contributed by atoms with E-state index >= 15 is 0 Å². The highest BCUT2D eigenvalue weighted by Crippen LogP contribution is 2.27. The van der Waals surface area contributed by atoms with Gasteiger partial charge in [0.1, 0.15) is 5.82 Å². The molecule has 1 heterocycles. The number of nitrogens with zero attached hydrogens (tertiary/aromatic N) is 2. The van der Waals surface area contributed by atoms with Crippen LogP contribution in [0.25, 0.3) is 11.3 Å². The monoisotopic (exact) mass is 382 g/mol. The van der Waals surface area contributed by atoms with Crippen LogP contribution >= 0.6 is 11.3 Å². The smallest absolute Gasteiger partial charge is 0.279 e. The quantitative estimate of drug-likeness (QED) is 0.583. The fourth-order valence-electron chi connectivity index (χ4n) is 3.12. The Bertz CT molecular complexity index is 1020. The van der Waals surface area contributed by atoms with E-state index in [-0.39, 0.29) is 11.7 Å². The Morgan fingerprint density at radius 3 is 2.44 bits per heavy atom. The van der Waals surface area contributed by atoms with Gasteiger partial charge in [0.15, 0.2) is 4.80 Å². The van der Waals surface area contributed by atoms with Crippen molar-refractivity contribution in [2.75, 3.05) is 0 Å². The van der Waals surface area contributed by atoms with E-state index in [1.807, 2.05) is 32.0 Å². The van der Waals surface area contributed by atoms with Gasteiger partial charge in [-0.2, -0.15) is 4.99 Å². The summed E-state index contributed by atoms with van der Waals surface area (Å²) in [5.74, 6) is -0.487. The van der Waals surface area contributed by atoms with Crippen molar-refractivity contribution < 1.29 is 9.18 Å². The Labute approximate surface area is 162 Å². The zero-order chi connectivity index (χ0) is 19.4. The molecule has 2 aromatic carbocycles. The summed E-state index contributed by atoms with van der Waals surface area (Å²) in [6, 6.07) is 14.0. The lowest BCUT2D eigenvalue weighted by Gasteiger charge is -2.09. The molecule has 1 aromatic heterocycles. The van der Waals surface area contributed by atoms with Gasteiger partial charge in [0.25, 0.3) is 5.91 Å². The third-order valence-corrected chi connectivity index (χ3v) is 5.60. The van der Waals surface area contributed by atoms with Crippen LogP contribution in [0.5, 0.6) is 0 Å². The normalized spacial score (nSPS) is 11.8. The number of amides is 1. The van der Waals surface area contributed by atoms with Crippen LogP contribution < -0.4 is 4.80 Å². The highest BCUT2D eigenvalue weighted by Gasteiger charge is 2.16. The number of aromatic nitrogens is 1. The highest BCUT2D eigenvalue weighted by atomic mass is 32.1. The lowest BCUT2D eigenvalue weighted by atomic mass is 10.1. The predicted octanol–water partition coefficient (Wildman–Crippen LogP) is 5.38. The molecule has 3 nitrogen and oxygen atoms in total. The number of aryl methyl sites for hydroxylation is 2. The van der Waals surface area contributed by atoms with Crippen molar-refractivity contribution in [1.82, 2.24) is 4.57 Å². The summed E-state index contributed by atoms with van der Waals surface area (Å²) < 4.78 is 15.4. The van der Waals surface area contributed by atoms with Crippen LogP contribution in [-0.2, 0) is 13.0 Å². The Balaban J connectivity index is 2.16. The first kappa shape index (κ1) is 19.2. The number of rotatable bonds is 5. The van der Waals surface area contributed by atoms with Gasteiger partial charge in [-0.15, -0.1) is 11.3 Å². The first-order valence-corrected chi connectivity index (χ1v) is 9.99. The van der Waals surface area contributed by atoms with Gasteiger partial charge in [0.05, 0.1) is 5.69 Å². The molecule has 0 N–H and O–H groups in total. The van der Waals surface area contributed by atoms with Crippen LogP contribution in [0.4, 0.5) is 4.39 Å². The number of thiazole rings is 1. The number of hydrogen-bond acceptors (Lipinski definition) is 2. The van der Waals surface area contributed by atoms with E-state index in [1.54, 1.807) is 29.5 Å². The topological polar surface area (TPSA) is 34.4 Å². The zero-order valence-electron chi connectivity index (χ0n) is 15.8. The lowest BCUT2D eigenvalue weighted by molar-refractivity contribution is 0.0997. The minimum Gasteiger partial charge on any atom is -0.316 e. The summed E-state index contributed by atoms with van der Waals surface area (Å²) >= 11 is 1.54. The summed E-state index contributed by atoms with van der Waals surface area (Å²) in [5, 5.41) is 0. The fourth-order valence-corrected chi connectivity index (χ4v) is 4.43. The third kappa shape index (κ3) is 4.08. The standard InChI is InChI=1S/C22H23FN2OS/c1-4-8-19-20(16-11-13-17(23)14-12-16)25(5-2)22(27-19)24-21(26)18-10-7-6-9-15(18)3/h6-7,9-14H,4-5,8H2,1-3H3. The predicted molar refractivity (Wildman–Crippen MR) is 108 cm³/mol. The molecule has 0 atom stereocenters. The molecule has 0 unspecified atom stereocenters. The molecular formula is C22H23FN2OS. The molecule has 1 amide bonds. The molecule has 3 aromatic rings. The van der Waals surface area contributed by atoms with Crippen molar-refractivity contribution in [2.24, 2.45) is 4.99 Å². The first-order chi connectivity index (χ1) is 13.0. The van der Waals surface area contributed by atoms with E-state index in [4.69, 9.17) is 0 Å². The van der Waals surface area contributed by atoms with Crippen molar-refractivity contribution in [3.05, 3.63) is 75.2 Å². The molecule has 0 aliphatic carbocycles. The van der Waals surface area contributed by atoms with Gasteiger partial charge < -0.3 is 4.57 Å². The van der Waals surface area contributed by atoms with E-state index in [0.29, 0.717) is 16.9 Å². The van der Waals surface area contributed by atoms with Crippen molar-refractivity contribution in [1.29, 1.82) is 0 Å². The second kappa shape index (κ2) is 8.44. The van der Waals surface area contributed by atoms with Gasteiger partial charge >= 0.3 is 0 Å². The molecule has 0 aliphatic heterocycles. The number of benzene rings is 2. The van der Waals surface area contributed by atoms with E-state index in [0.717, 1.165) is 29.7 Å². The summed E-state index contributed by atoms with van der Waals surface area (Å²) in [4.78, 5) is 19.0. The van der Waals surface area contributed by atoms with Gasteiger partial charge in [0, 0.05) is 17.0 Å². The molecule has 0 fully saturated rings. The average Bonchev–Trinajstić information content (AvgIpc) is 3.00. The molecule has 3 rings (SSSR count). The highest BCUT2D eigenvalue weighted by molar-refractivity contribution is 7.09. The molecule has 0 saturated carbocycles. The first-order valence-electron chi connectivity index (χ1n) is 9.18. The number of hydrogen-bond donors (Lipinski definition) is 0. The zero-order valence-corrected chi connectivity index (χ0v) is 16.6. The summed E-state index contributed by atoms with van der Waals surface area (Å²) in [7, 11) is 0. The molecule has 140 valence electrons. The maximum atomic E-state index is 13.4. The van der Waals surface area contributed by atoms with Crippen LogP contribution in [-0.4, -0.2) is 10.5 Å². The minimum atomic E-state index is -0.256. The van der Waals surface area contributed by atoms with Gasteiger partial charge in [0.2, 0.25) is 0 Å². The van der Waals surface area contributed by atoms with Crippen LogP contribution in [0, 0.1) is 12.7 Å². The van der Waals surface area contributed by atoms with E-state index < -0.39 is 0 Å². The number of carbonyl (C=O) groups excluding carboxylic acids is 1. The van der Waals surface area contributed by atoms with E-state index in [2.05, 4.69) is 16.5 Å². The van der Waals surface area contributed by atoms with Gasteiger partial charge in [-0.1, -0.05) is 31.5 Å². The molecular weight excluding hydrogens is 359 g/mol. The maximum absolute atomic E-state index is 13.4. The third-order valence-electron chi connectivity index (χ3n) is 4.46. The summed E-state index contributed by atoms with van der Waals surface area (Å²) in [6.07, 6.45) is 1.88. The number of halogens is 1. The fraction of sp³-hybridized carbons (Fsp3) is 0.273. The Kier molecular flexibility index (Phi) is 6.01. The van der Waals surface area contributed by atoms with Crippen LogP contribution in [0.3, 0.4) is 0 Å². The Morgan fingerprint density at radius 2 is 1.81 bits per heavy atom. The maximum Gasteiger partial charge on any atom is 0.279 e. The van der Waals surface area contributed by atoms with Gasteiger partial charge in [-0.25, -0.2) is 4.39 Å². The lowest BCUT2D eigenvalue weighted by Crippen LogP contribution is -2.17. The van der Waals surface area contributed by atoms with Crippen molar-refractivity contribution in [2.45, 2.75) is 40.2 Å². The Morgan fingerprint density at radius 1 is 1.11 bits per heavy atom. The van der Waals surface area contributed by atoms with Crippen molar-refractivity contribution in [3.8, 4) is 11.3 Å². The molecule has 0 saturated heterocycles. The minimum absolute atomic E-state index is 0.231. The van der Waals surface area contributed by atoms with E-state index in [1.165, 1.54) is 17.0 Å². The summed E-state index contributed by atoms with van der Waals surface area (Å²) in [5.41, 5.74) is 3.51.